The minimum Gasteiger partial charge on any atom is -0.490 e. The Kier molecular flexibility index (Phi) is 50.3. The highest BCUT2D eigenvalue weighted by atomic mass is 79.9. The van der Waals surface area contributed by atoms with Crippen LogP contribution >= 0.6 is 15.9 Å². The summed E-state index contributed by atoms with van der Waals surface area (Å²) >= 11 is 3.52. The maximum atomic E-state index is 11.8. The van der Waals surface area contributed by atoms with Gasteiger partial charge >= 0.3 is 23.9 Å². The molecule has 19 nitrogen and oxygen atoms in total. The lowest BCUT2D eigenvalue weighted by Gasteiger charge is -2.19. The van der Waals surface area contributed by atoms with E-state index in [4.69, 9.17) is 71.1 Å². The monoisotopic (exact) mass is 1820 g/mol. The molecule has 128 heavy (non-hydrogen) atoms. The molecule has 0 aliphatic carbocycles. The summed E-state index contributed by atoms with van der Waals surface area (Å²) in [5, 5.41) is 0. The Labute approximate surface area is 770 Å². The molecule has 20 heteroatoms. The first-order valence-corrected chi connectivity index (χ1v) is 45.8. The number of hydrogen-bond donors (Lipinski definition) is 0. The standard InChI is InChI=1S/C32H34O3.C22H28O4.C21H26O4.C17H26O4.C16H23BrO4/c1-4-24(2)26-18-20-29(21-19-26)35-25(3)33-22-23-34-32-30(27-12-7-5-8-13-27)16-11-17-31(32)28-14-9-6-10-15-28;1-4-17(2)20-10-12-21(13-11-20)26-18(3)24-14-15-25-22(23)16-19-8-6-5-7-9-19;1-4-16(2)18-10-12-20(13-11-18)25-17(3)23-14-15-24-21(22)19-8-6-5-7-9-19;1-5-13(3)15-7-9-16(10-8-15)21-17(6-2)20-12-11-19-14(4)18;1-5-11(2)14-6-7-16(15(17)10-14)21-13(4)20-9-8-19-12(3)18/h5-21,24-25H,4,22-23H2,1-3H3;5-13,17-18H,4,14-16H2,1-3H3;5-13,16-17H,4,14-15H2,1-3H3;7-10,13,17H,5-6,11-12H2,1-4H3;6-7,10-11,13H,5,8-9H2,1-4H3. The van der Waals surface area contributed by atoms with Crippen molar-refractivity contribution in [3.8, 4) is 56.8 Å². The third-order valence-electron chi connectivity index (χ3n) is 21.1. The Balaban J connectivity index is 0.000000250. The summed E-state index contributed by atoms with van der Waals surface area (Å²) in [4.78, 5) is 44.8. The van der Waals surface area contributed by atoms with E-state index in [1.54, 1.807) is 24.3 Å². The zero-order valence-electron chi connectivity index (χ0n) is 78.2. The molecular formula is C108H137BrO19. The van der Waals surface area contributed by atoms with Gasteiger partial charge in [0, 0.05) is 31.4 Å². The average Bonchev–Trinajstić information content (AvgIpc) is 0.797. The quantitative estimate of drug-likeness (QED) is 0.0150. The number of para-hydroxylation sites is 1. The number of rotatable bonds is 47. The number of benzene rings is 10. The molecule has 10 atom stereocenters. The van der Waals surface area contributed by atoms with Crippen LogP contribution in [0.1, 0.15) is 230 Å². The summed E-state index contributed by atoms with van der Waals surface area (Å²) in [5.41, 5.74) is 12.4. The third kappa shape index (κ3) is 41.1. The average molecular weight is 1820 g/mol. The molecule has 0 aliphatic heterocycles. The lowest BCUT2D eigenvalue weighted by molar-refractivity contribution is -0.148. The van der Waals surface area contributed by atoms with Crippen molar-refractivity contribution in [3.05, 3.63) is 298 Å². The van der Waals surface area contributed by atoms with Gasteiger partial charge in [0.05, 0.1) is 49.5 Å². The van der Waals surface area contributed by atoms with Crippen molar-refractivity contribution in [3.63, 3.8) is 0 Å². The Hall–Kier alpha value is -10.8. The Morgan fingerprint density at radius 1 is 0.305 bits per heavy atom. The molecule has 690 valence electrons. The van der Waals surface area contributed by atoms with Crippen LogP contribution in [0.5, 0.6) is 34.5 Å². The van der Waals surface area contributed by atoms with Gasteiger partial charge in [-0.3, -0.25) is 14.4 Å². The number of esters is 4. The lowest BCUT2D eigenvalue weighted by atomic mass is 9.97. The van der Waals surface area contributed by atoms with Crippen LogP contribution < -0.4 is 28.4 Å². The number of ether oxygens (including phenoxy) is 15. The van der Waals surface area contributed by atoms with E-state index in [2.05, 4.69) is 188 Å². The lowest BCUT2D eigenvalue weighted by Crippen LogP contribution is -2.22. The Morgan fingerprint density at radius 3 is 1.01 bits per heavy atom. The topological polar surface area (TPSA) is 207 Å². The highest BCUT2D eigenvalue weighted by molar-refractivity contribution is 9.10. The predicted octanol–water partition coefficient (Wildman–Crippen LogP) is 26.0. The summed E-state index contributed by atoms with van der Waals surface area (Å²) in [6.07, 6.45) is 4.65. The molecule has 0 radical (unpaired) electrons. The number of carbonyl (C=O) groups excluding carboxylic acids is 4. The molecule has 0 heterocycles. The van der Waals surface area contributed by atoms with Crippen LogP contribution in [-0.4, -0.2) is 121 Å². The van der Waals surface area contributed by atoms with Crippen LogP contribution in [-0.2, 0) is 63.4 Å². The van der Waals surface area contributed by atoms with Gasteiger partial charge in [-0.1, -0.05) is 258 Å². The maximum absolute atomic E-state index is 11.8. The van der Waals surface area contributed by atoms with E-state index in [-0.39, 0.29) is 75.9 Å². The van der Waals surface area contributed by atoms with Crippen molar-refractivity contribution in [1.29, 1.82) is 0 Å². The second-order valence-corrected chi connectivity index (χ2v) is 31.7. The first kappa shape index (κ1) is 106. The molecule has 0 saturated carbocycles. The maximum Gasteiger partial charge on any atom is 0.338 e. The molecule has 0 saturated heterocycles. The molecule has 10 aromatic carbocycles. The molecule has 0 spiro atoms. The number of carbonyl (C=O) groups is 4. The van der Waals surface area contributed by atoms with Gasteiger partial charge in [0.15, 0.2) is 31.5 Å². The molecule has 10 aromatic rings. The molecule has 0 amide bonds. The highest BCUT2D eigenvalue weighted by Crippen LogP contribution is 2.40. The molecular weight excluding hydrogens is 1680 g/mol. The van der Waals surface area contributed by atoms with E-state index in [0.717, 1.165) is 105 Å². The SMILES string of the molecule is CCC(C)c1ccc(OC(C)OCCOC(=O)Cc2ccccc2)cc1.CCC(C)c1ccc(OC(C)OCCOC(=O)c2ccccc2)cc1.CCC(C)c1ccc(OC(C)OCCOC(C)=O)c(Br)c1.CCC(C)c1ccc(OC(C)OCCOc2c(-c3ccccc3)cccc2-c2ccccc2)cc1.CCC(OCCOC(C)=O)Oc1ccc(C(C)CC)cc1. The highest BCUT2D eigenvalue weighted by Gasteiger charge is 2.19. The summed E-state index contributed by atoms with van der Waals surface area (Å²) in [5.74, 6) is 6.24. The van der Waals surface area contributed by atoms with Crippen LogP contribution in [0.4, 0.5) is 0 Å². The minimum atomic E-state index is -0.412. The zero-order valence-corrected chi connectivity index (χ0v) is 79.8. The summed E-state index contributed by atoms with van der Waals surface area (Å²) in [6.45, 7) is 37.0. The van der Waals surface area contributed by atoms with E-state index >= 15 is 0 Å². The van der Waals surface area contributed by atoms with Gasteiger partial charge in [-0.25, -0.2) is 4.79 Å². The third-order valence-corrected chi connectivity index (χ3v) is 21.7. The Morgan fingerprint density at radius 2 is 0.633 bits per heavy atom. The first-order valence-electron chi connectivity index (χ1n) is 45.0. The Bertz CT molecular complexity index is 4620. The fourth-order valence-electron chi connectivity index (χ4n) is 12.6. The fourth-order valence-corrected chi connectivity index (χ4v) is 13.1. The van der Waals surface area contributed by atoms with E-state index < -0.39 is 18.9 Å². The minimum absolute atomic E-state index is 0.189. The van der Waals surface area contributed by atoms with Crippen LogP contribution in [0, 0.1) is 0 Å². The zero-order chi connectivity index (χ0) is 92.8. The molecule has 0 fully saturated rings. The number of halogens is 1. The predicted molar refractivity (Wildman–Crippen MR) is 512 cm³/mol. The normalized spacial score (nSPS) is 13.1. The van der Waals surface area contributed by atoms with Gasteiger partial charge in [0.25, 0.3) is 0 Å². The van der Waals surface area contributed by atoms with Crippen molar-refractivity contribution < 1.29 is 90.2 Å². The molecule has 0 aromatic heterocycles. The van der Waals surface area contributed by atoms with Crippen LogP contribution in [0.3, 0.4) is 0 Å². The molecule has 0 aliphatic rings. The van der Waals surface area contributed by atoms with Gasteiger partial charge in [0.1, 0.15) is 67.5 Å². The summed E-state index contributed by atoms with van der Waals surface area (Å²) in [7, 11) is 0. The van der Waals surface area contributed by atoms with Crippen molar-refractivity contribution in [2.24, 2.45) is 0 Å². The summed E-state index contributed by atoms with van der Waals surface area (Å²) in [6, 6.07) is 84.1. The van der Waals surface area contributed by atoms with Crippen LogP contribution in [0.25, 0.3) is 22.3 Å². The van der Waals surface area contributed by atoms with Crippen LogP contribution in [0.15, 0.2) is 259 Å². The fraction of sp³-hybridized carbons (Fsp3) is 0.407. The van der Waals surface area contributed by atoms with Gasteiger partial charge in [-0.2, -0.15) is 0 Å². The van der Waals surface area contributed by atoms with Crippen molar-refractivity contribution in [1.82, 2.24) is 0 Å². The smallest absolute Gasteiger partial charge is 0.338 e. The summed E-state index contributed by atoms with van der Waals surface area (Å²) < 4.78 is 84.1. The van der Waals surface area contributed by atoms with E-state index in [9.17, 15) is 19.2 Å². The molecule has 0 N–H and O–H groups in total. The van der Waals surface area contributed by atoms with E-state index in [1.807, 2.05) is 162 Å². The van der Waals surface area contributed by atoms with Crippen molar-refractivity contribution in [2.75, 3.05) is 66.1 Å². The van der Waals surface area contributed by atoms with Gasteiger partial charge in [-0.15, -0.1) is 0 Å². The first-order chi connectivity index (χ1) is 61.8. The van der Waals surface area contributed by atoms with Gasteiger partial charge in [0.2, 0.25) is 0 Å². The van der Waals surface area contributed by atoms with Gasteiger partial charge < -0.3 is 71.1 Å². The second-order valence-electron chi connectivity index (χ2n) is 30.9. The molecule has 0 bridgehead atoms. The van der Waals surface area contributed by atoms with Crippen molar-refractivity contribution >= 4 is 39.8 Å². The van der Waals surface area contributed by atoms with E-state index in [0.29, 0.717) is 68.2 Å². The molecule has 10 rings (SSSR count). The van der Waals surface area contributed by atoms with E-state index in [1.165, 1.54) is 41.7 Å². The van der Waals surface area contributed by atoms with Gasteiger partial charge in [-0.05, 0) is 223 Å². The second kappa shape index (κ2) is 60.8. The largest absolute Gasteiger partial charge is 0.490 e. The van der Waals surface area contributed by atoms with Crippen molar-refractivity contribution in [2.45, 2.75) is 224 Å². The number of hydrogen-bond acceptors (Lipinski definition) is 19. The van der Waals surface area contributed by atoms with Crippen LogP contribution in [0.2, 0.25) is 0 Å². The molecule has 10 unspecified atom stereocenters.